The minimum atomic E-state index is -0.245. The van der Waals surface area contributed by atoms with Gasteiger partial charge in [0.2, 0.25) is 0 Å². The Morgan fingerprint density at radius 2 is 1.81 bits per heavy atom. The summed E-state index contributed by atoms with van der Waals surface area (Å²) in [7, 11) is 1.40. The molecule has 5 heteroatoms. The van der Waals surface area contributed by atoms with Gasteiger partial charge in [0.25, 0.3) is 0 Å². The molecule has 0 saturated heterocycles. The molecule has 0 aliphatic heterocycles. The van der Waals surface area contributed by atoms with Crippen LogP contribution in [0.3, 0.4) is 0 Å². The second-order valence-electron chi connectivity index (χ2n) is 4.76. The number of ether oxygens (including phenoxy) is 1. The smallest absolute Gasteiger partial charge is 0.309 e. The van der Waals surface area contributed by atoms with E-state index in [9.17, 15) is 4.79 Å². The summed E-state index contributed by atoms with van der Waals surface area (Å²) in [5.74, 6) is -0.245. The van der Waals surface area contributed by atoms with Gasteiger partial charge in [-0.1, -0.05) is 41.6 Å². The van der Waals surface area contributed by atoms with Crippen LogP contribution in [0, 0.1) is 0 Å². The van der Waals surface area contributed by atoms with Gasteiger partial charge in [-0.15, -0.1) is 5.10 Å². The van der Waals surface area contributed by atoms with Gasteiger partial charge in [0.05, 0.1) is 25.6 Å². The largest absolute Gasteiger partial charge is 0.469 e. The van der Waals surface area contributed by atoms with Gasteiger partial charge in [0.1, 0.15) is 5.52 Å². The Kier molecular flexibility index (Phi) is 3.64. The van der Waals surface area contributed by atoms with E-state index in [0.29, 0.717) is 6.54 Å². The van der Waals surface area contributed by atoms with Gasteiger partial charge in [0, 0.05) is 0 Å². The summed E-state index contributed by atoms with van der Waals surface area (Å²) in [6.07, 6.45) is 0.263. The van der Waals surface area contributed by atoms with Crippen molar-refractivity contribution in [3.05, 3.63) is 59.7 Å². The molecule has 0 amide bonds. The summed E-state index contributed by atoms with van der Waals surface area (Å²) in [5.41, 5.74) is 3.83. The molecular formula is C16H15N3O2. The molecule has 0 unspecified atom stereocenters. The van der Waals surface area contributed by atoms with Crippen LogP contribution in [0.4, 0.5) is 0 Å². The highest BCUT2D eigenvalue weighted by molar-refractivity contribution is 5.74. The first kappa shape index (κ1) is 13.3. The maximum absolute atomic E-state index is 11.5. The van der Waals surface area contributed by atoms with E-state index in [1.54, 1.807) is 0 Å². The lowest BCUT2D eigenvalue weighted by atomic mass is 10.0. The van der Waals surface area contributed by atoms with E-state index < -0.39 is 0 Å². The zero-order chi connectivity index (χ0) is 14.7. The van der Waals surface area contributed by atoms with Crippen molar-refractivity contribution < 1.29 is 9.53 Å². The molecule has 2 aromatic carbocycles. The Labute approximate surface area is 122 Å². The fraction of sp³-hybridized carbons (Fsp3) is 0.188. The Morgan fingerprint density at radius 3 is 2.62 bits per heavy atom. The molecule has 0 atom stereocenters. The average molecular weight is 281 g/mol. The van der Waals surface area contributed by atoms with E-state index in [0.717, 1.165) is 22.2 Å². The van der Waals surface area contributed by atoms with Crippen LogP contribution in [0.25, 0.3) is 11.0 Å². The number of esters is 1. The van der Waals surface area contributed by atoms with Crippen LogP contribution < -0.4 is 0 Å². The highest BCUT2D eigenvalue weighted by Crippen LogP contribution is 2.15. The van der Waals surface area contributed by atoms with E-state index in [2.05, 4.69) is 10.3 Å². The monoisotopic (exact) mass is 281 g/mol. The van der Waals surface area contributed by atoms with Crippen LogP contribution in [0.1, 0.15) is 11.1 Å². The first-order chi connectivity index (χ1) is 10.3. The van der Waals surface area contributed by atoms with Crippen molar-refractivity contribution in [3.8, 4) is 0 Å². The Balaban J connectivity index is 1.93. The van der Waals surface area contributed by atoms with Gasteiger partial charge in [-0.05, 0) is 23.3 Å². The second-order valence-corrected chi connectivity index (χ2v) is 4.76. The van der Waals surface area contributed by atoms with Crippen LogP contribution in [0.15, 0.2) is 48.5 Å². The SMILES string of the molecule is COC(=O)Cc1ccccc1Cn1nnc2ccccc21. The fourth-order valence-corrected chi connectivity index (χ4v) is 2.31. The van der Waals surface area contributed by atoms with Crippen molar-refractivity contribution in [2.45, 2.75) is 13.0 Å². The molecule has 3 rings (SSSR count). The molecule has 21 heavy (non-hydrogen) atoms. The second kappa shape index (κ2) is 5.75. The highest BCUT2D eigenvalue weighted by atomic mass is 16.5. The average Bonchev–Trinajstić information content (AvgIpc) is 2.92. The summed E-state index contributed by atoms with van der Waals surface area (Å²) in [6, 6.07) is 15.6. The number of para-hydroxylation sites is 1. The summed E-state index contributed by atoms with van der Waals surface area (Å²) in [5, 5.41) is 8.32. The Morgan fingerprint density at radius 1 is 1.10 bits per heavy atom. The van der Waals surface area contributed by atoms with Crippen molar-refractivity contribution in [2.75, 3.05) is 7.11 Å². The number of methoxy groups -OCH3 is 1. The van der Waals surface area contributed by atoms with Gasteiger partial charge in [-0.2, -0.15) is 0 Å². The number of hydrogen-bond acceptors (Lipinski definition) is 4. The van der Waals surface area contributed by atoms with Gasteiger partial charge in [0.15, 0.2) is 0 Å². The minimum absolute atomic E-state index is 0.245. The van der Waals surface area contributed by atoms with Crippen LogP contribution in [0.2, 0.25) is 0 Å². The zero-order valence-electron chi connectivity index (χ0n) is 11.7. The lowest BCUT2D eigenvalue weighted by molar-refractivity contribution is -0.139. The molecule has 0 aliphatic rings. The number of nitrogens with zero attached hydrogens (tertiary/aromatic N) is 3. The number of rotatable bonds is 4. The van der Waals surface area contributed by atoms with Gasteiger partial charge < -0.3 is 4.74 Å². The predicted molar refractivity (Wildman–Crippen MR) is 78.8 cm³/mol. The van der Waals surface area contributed by atoms with Crippen molar-refractivity contribution in [2.24, 2.45) is 0 Å². The van der Waals surface area contributed by atoms with Crippen molar-refractivity contribution in [1.29, 1.82) is 0 Å². The molecule has 5 nitrogen and oxygen atoms in total. The zero-order valence-corrected chi connectivity index (χ0v) is 11.7. The number of aromatic nitrogens is 3. The molecule has 0 aliphatic carbocycles. The van der Waals surface area contributed by atoms with E-state index in [-0.39, 0.29) is 12.4 Å². The molecule has 1 heterocycles. The van der Waals surface area contributed by atoms with Crippen LogP contribution in [0.5, 0.6) is 0 Å². The maximum Gasteiger partial charge on any atom is 0.309 e. The Hall–Kier alpha value is -2.69. The van der Waals surface area contributed by atoms with E-state index in [1.807, 2.05) is 53.2 Å². The molecule has 106 valence electrons. The van der Waals surface area contributed by atoms with E-state index in [1.165, 1.54) is 7.11 Å². The van der Waals surface area contributed by atoms with Crippen molar-refractivity contribution in [1.82, 2.24) is 15.0 Å². The van der Waals surface area contributed by atoms with Gasteiger partial charge in [-0.3, -0.25) is 4.79 Å². The molecule has 0 spiro atoms. The molecular weight excluding hydrogens is 266 g/mol. The molecule has 1 aromatic heterocycles. The first-order valence-corrected chi connectivity index (χ1v) is 6.70. The summed E-state index contributed by atoms with van der Waals surface area (Å²) < 4.78 is 6.58. The molecule has 0 N–H and O–H groups in total. The quantitative estimate of drug-likeness (QED) is 0.688. The fourth-order valence-electron chi connectivity index (χ4n) is 2.31. The van der Waals surface area contributed by atoms with Crippen molar-refractivity contribution in [3.63, 3.8) is 0 Å². The molecule has 0 fully saturated rings. The molecule has 3 aromatic rings. The normalized spacial score (nSPS) is 10.7. The van der Waals surface area contributed by atoms with Crippen LogP contribution >= 0.6 is 0 Å². The molecule has 0 radical (unpaired) electrons. The lowest BCUT2D eigenvalue weighted by Gasteiger charge is -2.09. The number of hydrogen-bond donors (Lipinski definition) is 0. The first-order valence-electron chi connectivity index (χ1n) is 6.70. The summed E-state index contributed by atoms with van der Waals surface area (Å²) in [6.45, 7) is 0.577. The molecule has 0 saturated carbocycles. The third kappa shape index (κ3) is 2.76. The Bertz CT molecular complexity index is 780. The van der Waals surface area contributed by atoms with Crippen LogP contribution in [-0.4, -0.2) is 28.1 Å². The number of carbonyl (C=O) groups is 1. The summed E-state index contributed by atoms with van der Waals surface area (Å²) in [4.78, 5) is 11.5. The number of fused-ring (bicyclic) bond motifs is 1. The molecule has 0 bridgehead atoms. The third-order valence-electron chi connectivity index (χ3n) is 3.42. The predicted octanol–water partition coefficient (Wildman–Crippen LogP) is 2.20. The summed E-state index contributed by atoms with van der Waals surface area (Å²) >= 11 is 0. The van der Waals surface area contributed by atoms with Gasteiger partial charge in [-0.25, -0.2) is 4.68 Å². The topological polar surface area (TPSA) is 57.0 Å². The minimum Gasteiger partial charge on any atom is -0.469 e. The number of benzene rings is 2. The van der Waals surface area contributed by atoms with E-state index >= 15 is 0 Å². The van der Waals surface area contributed by atoms with E-state index in [4.69, 9.17) is 4.74 Å². The van der Waals surface area contributed by atoms with Gasteiger partial charge >= 0.3 is 5.97 Å². The number of carbonyl (C=O) groups excluding carboxylic acids is 1. The lowest BCUT2D eigenvalue weighted by Crippen LogP contribution is -2.09. The van der Waals surface area contributed by atoms with Crippen LogP contribution in [-0.2, 0) is 22.5 Å². The standard InChI is InChI=1S/C16H15N3O2/c1-21-16(20)10-12-6-2-3-7-13(12)11-19-15-9-5-4-8-14(15)17-18-19/h2-9H,10-11H2,1H3. The maximum atomic E-state index is 11.5. The highest BCUT2D eigenvalue weighted by Gasteiger charge is 2.10. The van der Waals surface area contributed by atoms with Crippen molar-refractivity contribution >= 4 is 17.0 Å². The third-order valence-corrected chi connectivity index (χ3v) is 3.42.